The molecule has 0 spiro atoms. The van der Waals surface area contributed by atoms with E-state index in [1.807, 2.05) is 13.8 Å². The van der Waals surface area contributed by atoms with Crippen LogP contribution in [0.2, 0.25) is 0 Å². The van der Waals surface area contributed by atoms with Crippen molar-refractivity contribution in [1.82, 2.24) is 4.90 Å². The van der Waals surface area contributed by atoms with Crippen LogP contribution < -0.4 is 0 Å². The second-order valence-corrected chi connectivity index (χ2v) is 3.44. The van der Waals surface area contributed by atoms with Crippen LogP contribution in [0.4, 0.5) is 4.39 Å². The van der Waals surface area contributed by atoms with Gasteiger partial charge in [0, 0.05) is 12.1 Å². The molecule has 0 N–H and O–H groups in total. The van der Waals surface area contributed by atoms with Gasteiger partial charge in [0.1, 0.15) is 6.17 Å². The fraction of sp³-hybridized carbons (Fsp3) is 1.00. The highest BCUT2D eigenvalue weighted by molar-refractivity contribution is 4.99. The predicted octanol–water partition coefficient (Wildman–Crippen LogP) is 2.61. The normalized spacial score (nSPS) is 39.5. The number of rotatable bonds is 1. The molecule has 0 aromatic carbocycles. The zero-order valence-corrected chi connectivity index (χ0v) is 8.39. The van der Waals surface area contributed by atoms with Crippen molar-refractivity contribution in [3.05, 3.63) is 0 Å². The molecule has 3 aliphatic rings. The summed E-state index contributed by atoms with van der Waals surface area (Å²) in [4.78, 5) is 2.43. The molecule has 0 aromatic heterocycles. The van der Waals surface area contributed by atoms with Gasteiger partial charge in [0.15, 0.2) is 0 Å². The van der Waals surface area contributed by atoms with E-state index in [1.165, 1.54) is 6.42 Å². The highest BCUT2D eigenvalue weighted by Gasteiger charge is 2.44. The molecule has 2 bridgehead atoms. The van der Waals surface area contributed by atoms with Crippen LogP contribution in [0.5, 0.6) is 0 Å². The Morgan fingerprint density at radius 1 is 1.17 bits per heavy atom. The molecule has 2 heteroatoms. The average Bonchev–Trinajstić information content (AvgIpc) is 2.08. The number of hydrogen-bond acceptors (Lipinski definition) is 1. The molecule has 3 fully saturated rings. The van der Waals surface area contributed by atoms with Crippen LogP contribution >= 0.6 is 0 Å². The SMILES string of the molecule is CC.CCN1C2CC(F)CC1C2. The Kier molecular flexibility index (Phi) is 3.51. The minimum atomic E-state index is -0.494. The predicted molar refractivity (Wildman–Crippen MR) is 50.1 cm³/mol. The number of fused-ring (bicyclic) bond motifs is 2. The third kappa shape index (κ3) is 1.63. The standard InChI is InChI=1S/C8H14FN.C2H6/c1-2-10-7-3-6(9)4-8(10)5-7;1-2/h6-8H,2-5H2,1H3;1-2H3. The van der Waals surface area contributed by atoms with Gasteiger partial charge in [0.2, 0.25) is 0 Å². The number of hydrogen-bond donors (Lipinski definition) is 0. The minimum Gasteiger partial charge on any atom is -0.297 e. The van der Waals surface area contributed by atoms with Gasteiger partial charge in [-0.05, 0) is 25.8 Å². The summed E-state index contributed by atoms with van der Waals surface area (Å²) in [5.74, 6) is 0. The van der Waals surface area contributed by atoms with Crippen molar-refractivity contribution in [2.75, 3.05) is 6.54 Å². The number of nitrogens with zero attached hydrogens (tertiary/aromatic N) is 1. The van der Waals surface area contributed by atoms with E-state index >= 15 is 0 Å². The van der Waals surface area contributed by atoms with Gasteiger partial charge in [-0.1, -0.05) is 20.8 Å². The van der Waals surface area contributed by atoms with Crippen LogP contribution in [0.15, 0.2) is 0 Å². The largest absolute Gasteiger partial charge is 0.297 e. The highest BCUT2D eigenvalue weighted by Crippen LogP contribution is 2.38. The Hall–Kier alpha value is -0.110. The van der Waals surface area contributed by atoms with Crippen molar-refractivity contribution >= 4 is 0 Å². The smallest absolute Gasteiger partial charge is 0.103 e. The Morgan fingerprint density at radius 3 is 2.08 bits per heavy atom. The Balaban J connectivity index is 0.000000336. The molecular weight excluding hydrogens is 153 g/mol. The first-order chi connectivity index (χ1) is 5.81. The van der Waals surface area contributed by atoms with E-state index in [2.05, 4.69) is 11.8 Å². The van der Waals surface area contributed by atoms with Crippen LogP contribution in [0.25, 0.3) is 0 Å². The molecule has 12 heavy (non-hydrogen) atoms. The van der Waals surface area contributed by atoms with Gasteiger partial charge in [-0.25, -0.2) is 4.39 Å². The van der Waals surface area contributed by atoms with Crippen molar-refractivity contribution in [2.24, 2.45) is 0 Å². The first-order valence-electron chi connectivity index (χ1n) is 5.21. The maximum atomic E-state index is 12.7. The van der Waals surface area contributed by atoms with E-state index in [0.717, 1.165) is 19.4 Å². The van der Waals surface area contributed by atoms with E-state index in [4.69, 9.17) is 0 Å². The average molecular weight is 173 g/mol. The third-order valence-electron chi connectivity index (χ3n) is 2.90. The first-order valence-corrected chi connectivity index (χ1v) is 5.21. The van der Waals surface area contributed by atoms with E-state index in [1.54, 1.807) is 0 Å². The summed E-state index contributed by atoms with van der Waals surface area (Å²) in [7, 11) is 0. The van der Waals surface area contributed by atoms with E-state index in [-0.39, 0.29) is 0 Å². The van der Waals surface area contributed by atoms with Crippen LogP contribution in [0.3, 0.4) is 0 Å². The molecule has 1 saturated carbocycles. The van der Waals surface area contributed by atoms with E-state index < -0.39 is 6.17 Å². The van der Waals surface area contributed by atoms with Crippen molar-refractivity contribution < 1.29 is 4.39 Å². The molecule has 2 aliphatic heterocycles. The molecule has 3 rings (SSSR count). The molecule has 2 unspecified atom stereocenters. The van der Waals surface area contributed by atoms with Gasteiger partial charge in [-0.15, -0.1) is 0 Å². The molecule has 0 aromatic rings. The van der Waals surface area contributed by atoms with Crippen LogP contribution in [-0.4, -0.2) is 29.7 Å². The van der Waals surface area contributed by atoms with Crippen molar-refractivity contribution in [1.29, 1.82) is 0 Å². The fourth-order valence-corrected chi connectivity index (χ4v) is 2.41. The maximum absolute atomic E-state index is 12.7. The summed E-state index contributed by atoms with van der Waals surface area (Å²) < 4.78 is 12.7. The molecule has 2 saturated heterocycles. The molecular formula is C10H20FN. The Labute approximate surface area is 74.9 Å². The number of alkyl halides is 1. The summed E-state index contributed by atoms with van der Waals surface area (Å²) in [5.41, 5.74) is 0. The molecule has 1 aliphatic carbocycles. The zero-order chi connectivity index (χ0) is 9.14. The van der Waals surface area contributed by atoms with Gasteiger partial charge >= 0.3 is 0 Å². The van der Waals surface area contributed by atoms with Gasteiger partial charge < -0.3 is 0 Å². The zero-order valence-electron chi connectivity index (χ0n) is 8.39. The highest BCUT2D eigenvalue weighted by atomic mass is 19.1. The molecule has 2 heterocycles. The second kappa shape index (κ2) is 4.22. The molecule has 72 valence electrons. The molecule has 1 nitrogen and oxygen atoms in total. The fourth-order valence-electron chi connectivity index (χ4n) is 2.41. The Bertz CT molecular complexity index is 126. The lowest BCUT2D eigenvalue weighted by Gasteiger charge is -2.53. The monoisotopic (exact) mass is 173 g/mol. The number of piperidine rings is 1. The van der Waals surface area contributed by atoms with Gasteiger partial charge in [0.05, 0.1) is 0 Å². The lowest BCUT2D eigenvalue weighted by molar-refractivity contribution is -0.0550. The third-order valence-corrected chi connectivity index (χ3v) is 2.90. The summed E-state index contributed by atoms with van der Waals surface area (Å²) in [6.07, 6.45) is 2.36. The summed E-state index contributed by atoms with van der Waals surface area (Å²) in [6.45, 7) is 7.28. The van der Waals surface area contributed by atoms with Crippen molar-refractivity contribution in [3.8, 4) is 0 Å². The van der Waals surface area contributed by atoms with Crippen molar-refractivity contribution in [2.45, 2.75) is 58.3 Å². The molecule has 0 radical (unpaired) electrons. The van der Waals surface area contributed by atoms with Gasteiger partial charge in [-0.3, -0.25) is 4.90 Å². The topological polar surface area (TPSA) is 3.24 Å². The Morgan fingerprint density at radius 2 is 1.67 bits per heavy atom. The maximum Gasteiger partial charge on any atom is 0.103 e. The summed E-state index contributed by atoms with van der Waals surface area (Å²) in [6, 6.07) is 1.19. The minimum absolute atomic E-state index is 0.494. The number of halogens is 1. The van der Waals surface area contributed by atoms with Gasteiger partial charge in [-0.2, -0.15) is 0 Å². The summed E-state index contributed by atoms with van der Waals surface area (Å²) in [5, 5.41) is 0. The lowest BCUT2D eigenvalue weighted by atomic mass is 9.79. The van der Waals surface area contributed by atoms with E-state index in [9.17, 15) is 4.39 Å². The first kappa shape index (κ1) is 9.97. The van der Waals surface area contributed by atoms with Crippen LogP contribution in [-0.2, 0) is 0 Å². The van der Waals surface area contributed by atoms with E-state index in [0.29, 0.717) is 12.1 Å². The van der Waals surface area contributed by atoms with Crippen LogP contribution in [0.1, 0.15) is 40.0 Å². The lowest BCUT2D eigenvalue weighted by Crippen LogP contribution is -2.60. The molecule has 2 atom stereocenters. The second-order valence-electron chi connectivity index (χ2n) is 3.44. The summed E-state index contributed by atoms with van der Waals surface area (Å²) >= 11 is 0. The van der Waals surface area contributed by atoms with Crippen LogP contribution in [0, 0.1) is 0 Å². The quantitative estimate of drug-likeness (QED) is 0.589. The molecule has 0 amide bonds. The van der Waals surface area contributed by atoms with Crippen molar-refractivity contribution in [3.63, 3.8) is 0 Å². The van der Waals surface area contributed by atoms with Gasteiger partial charge in [0.25, 0.3) is 0 Å².